The fourth-order valence-electron chi connectivity index (χ4n) is 1.31. The summed E-state index contributed by atoms with van der Waals surface area (Å²) >= 11 is 0. The van der Waals surface area contributed by atoms with Gasteiger partial charge in [0.15, 0.2) is 0 Å². The first kappa shape index (κ1) is 8.46. The third kappa shape index (κ3) is 1.68. The molecule has 1 rings (SSSR count). The van der Waals surface area contributed by atoms with Crippen molar-refractivity contribution in [3.05, 3.63) is 0 Å². The lowest BCUT2D eigenvalue weighted by atomic mass is 9.82. The quantitative estimate of drug-likeness (QED) is 0.593. The van der Waals surface area contributed by atoms with E-state index in [1.54, 1.807) is 0 Å². The van der Waals surface area contributed by atoms with Gasteiger partial charge in [0.05, 0.1) is 0 Å². The fraction of sp³-hybridized carbons (Fsp3) is 0.857. The third-order valence-corrected chi connectivity index (χ3v) is 2.23. The first-order valence-corrected chi connectivity index (χ1v) is 3.71. The topological polar surface area (TPSA) is 63.3 Å². The summed E-state index contributed by atoms with van der Waals surface area (Å²) in [6.45, 7) is 0. The zero-order valence-corrected chi connectivity index (χ0v) is 6.22. The Morgan fingerprint density at radius 3 is 2.36 bits per heavy atom. The Kier molecular flexibility index (Phi) is 2.13. The van der Waals surface area contributed by atoms with E-state index in [4.69, 9.17) is 10.8 Å². The molecule has 4 heteroatoms. The van der Waals surface area contributed by atoms with Gasteiger partial charge in [0.25, 0.3) is 0 Å². The van der Waals surface area contributed by atoms with Crippen LogP contribution in [0.1, 0.15) is 25.7 Å². The summed E-state index contributed by atoms with van der Waals surface area (Å²) in [5.41, 5.74) is 4.33. The summed E-state index contributed by atoms with van der Waals surface area (Å²) in [6, 6.07) is 0. The smallest absolute Gasteiger partial charge is 0.323 e. The number of hydrogen-bond acceptors (Lipinski definition) is 2. The SMILES string of the molecule is NC1(C(=O)O)CCC([18F])CC1. The van der Waals surface area contributed by atoms with Crippen LogP contribution in [0.5, 0.6) is 0 Å². The zero-order valence-electron chi connectivity index (χ0n) is 6.22. The molecule has 3 N–H and O–H groups in total. The highest BCUT2D eigenvalue weighted by molar-refractivity contribution is 5.78. The maximum absolute atomic E-state index is 12.5. The van der Waals surface area contributed by atoms with Gasteiger partial charge in [-0.25, -0.2) is 4.39 Å². The summed E-state index contributed by atoms with van der Waals surface area (Å²) in [6.07, 6.45) is 0.213. The normalized spacial score (nSPS) is 38.5. The second-order valence-corrected chi connectivity index (χ2v) is 3.14. The number of hydrogen-bond donors (Lipinski definition) is 2. The van der Waals surface area contributed by atoms with Crippen molar-refractivity contribution in [2.45, 2.75) is 37.4 Å². The second-order valence-electron chi connectivity index (χ2n) is 3.14. The van der Waals surface area contributed by atoms with Gasteiger partial charge in [-0.05, 0) is 25.7 Å². The van der Waals surface area contributed by atoms with Crippen molar-refractivity contribution < 1.29 is 14.3 Å². The Labute approximate surface area is 64.4 Å². The van der Waals surface area contributed by atoms with Gasteiger partial charge in [-0.15, -0.1) is 0 Å². The molecule has 0 unspecified atom stereocenters. The molecule has 1 fully saturated rings. The van der Waals surface area contributed by atoms with E-state index < -0.39 is 17.7 Å². The number of halogens is 1. The van der Waals surface area contributed by atoms with E-state index in [0.717, 1.165) is 0 Å². The van der Waals surface area contributed by atoms with Gasteiger partial charge in [0.1, 0.15) is 11.7 Å². The van der Waals surface area contributed by atoms with Gasteiger partial charge in [-0.1, -0.05) is 0 Å². The van der Waals surface area contributed by atoms with Crippen molar-refractivity contribution in [3.63, 3.8) is 0 Å². The number of nitrogens with two attached hydrogens (primary N) is 1. The van der Waals surface area contributed by atoms with E-state index in [1.165, 1.54) is 0 Å². The van der Waals surface area contributed by atoms with Crippen LogP contribution in [0.3, 0.4) is 0 Å². The molecule has 0 bridgehead atoms. The summed E-state index contributed by atoms with van der Waals surface area (Å²) in [7, 11) is 0. The maximum Gasteiger partial charge on any atom is 0.323 e. The highest BCUT2D eigenvalue weighted by atomic mass is 18.2. The average molecular weight is 160 g/mol. The molecular weight excluding hydrogens is 148 g/mol. The van der Waals surface area contributed by atoms with Crippen LogP contribution in [0.2, 0.25) is 0 Å². The molecule has 1 saturated carbocycles. The molecule has 0 saturated heterocycles. The van der Waals surface area contributed by atoms with E-state index in [-0.39, 0.29) is 25.7 Å². The highest BCUT2D eigenvalue weighted by Gasteiger charge is 2.38. The lowest BCUT2D eigenvalue weighted by Crippen LogP contribution is -2.50. The number of aliphatic carboxylic acids is 1. The fourth-order valence-corrected chi connectivity index (χ4v) is 1.31. The lowest BCUT2D eigenvalue weighted by Gasteiger charge is -2.30. The van der Waals surface area contributed by atoms with Crippen LogP contribution in [0.15, 0.2) is 0 Å². The largest absolute Gasteiger partial charge is 0.480 e. The van der Waals surface area contributed by atoms with E-state index in [0.29, 0.717) is 0 Å². The Balaban J connectivity index is 2.55. The van der Waals surface area contributed by atoms with Crippen molar-refractivity contribution in [1.82, 2.24) is 0 Å². The minimum atomic E-state index is -1.16. The molecule has 0 aromatic carbocycles. The molecule has 1 aliphatic carbocycles. The summed E-state index contributed by atoms with van der Waals surface area (Å²) in [5.74, 6) is -1.01. The van der Waals surface area contributed by atoms with E-state index in [1.807, 2.05) is 0 Å². The van der Waals surface area contributed by atoms with Gasteiger partial charge < -0.3 is 10.8 Å². The van der Waals surface area contributed by atoms with Crippen LogP contribution in [-0.2, 0) is 4.79 Å². The van der Waals surface area contributed by atoms with Crippen LogP contribution in [0, 0.1) is 0 Å². The van der Waals surface area contributed by atoms with Gasteiger partial charge in [0, 0.05) is 0 Å². The molecule has 64 valence electrons. The minimum Gasteiger partial charge on any atom is -0.480 e. The monoisotopic (exact) mass is 160 g/mol. The molecule has 11 heavy (non-hydrogen) atoms. The Morgan fingerprint density at radius 1 is 1.55 bits per heavy atom. The van der Waals surface area contributed by atoms with Crippen LogP contribution < -0.4 is 5.73 Å². The molecular formula is C7H12FNO2. The van der Waals surface area contributed by atoms with Crippen molar-refractivity contribution in [2.24, 2.45) is 5.73 Å². The Morgan fingerprint density at radius 2 is 2.00 bits per heavy atom. The molecule has 1 aliphatic rings. The summed E-state index contributed by atoms with van der Waals surface area (Å²) in [4.78, 5) is 10.5. The minimum absolute atomic E-state index is 0.253. The lowest BCUT2D eigenvalue weighted by molar-refractivity contribution is -0.145. The molecule has 0 aromatic heterocycles. The second kappa shape index (κ2) is 2.77. The molecule has 0 aliphatic heterocycles. The molecule has 0 atom stereocenters. The number of alkyl halides is 1. The number of carboxylic acids is 1. The number of carboxylic acid groups (broad SMARTS) is 1. The first-order chi connectivity index (χ1) is 5.04. The molecule has 0 aromatic rings. The molecule has 0 heterocycles. The number of carbonyl (C=O) groups is 1. The van der Waals surface area contributed by atoms with Crippen LogP contribution >= 0.6 is 0 Å². The summed E-state index contributed by atoms with van der Waals surface area (Å²) in [5, 5.41) is 8.64. The van der Waals surface area contributed by atoms with E-state index in [9.17, 15) is 9.18 Å². The standard InChI is InChI=1S/C7H12FNO2/c8-5-1-3-7(9,4-2-5)6(10)11/h5H,1-4,9H2,(H,10,11)/i8-1. The average Bonchev–Trinajstić information content (AvgIpc) is 1.95. The Bertz CT molecular complexity index is 164. The number of rotatable bonds is 1. The highest BCUT2D eigenvalue weighted by Crippen LogP contribution is 2.27. The van der Waals surface area contributed by atoms with E-state index >= 15 is 0 Å². The van der Waals surface area contributed by atoms with Gasteiger partial charge in [-0.2, -0.15) is 0 Å². The predicted octanol–water partition coefficient (Wildman–Crippen LogP) is 0.681. The maximum atomic E-state index is 12.5. The van der Waals surface area contributed by atoms with Gasteiger partial charge >= 0.3 is 5.97 Å². The third-order valence-electron chi connectivity index (χ3n) is 2.23. The zero-order chi connectivity index (χ0) is 8.48. The first-order valence-electron chi connectivity index (χ1n) is 3.71. The van der Waals surface area contributed by atoms with Crippen molar-refractivity contribution in [3.8, 4) is 0 Å². The predicted molar refractivity (Wildman–Crippen MR) is 37.9 cm³/mol. The Hall–Kier alpha value is -0.640. The molecule has 0 radical (unpaired) electrons. The van der Waals surface area contributed by atoms with Crippen molar-refractivity contribution in [1.29, 1.82) is 0 Å². The van der Waals surface area contributed by atoms with E-state index in [2.05, 4.69) is 0 Å². The van der Waals surface area contributed by atoms with Gasteiger partial charge in [-0.3, -0.25) is 4.79 Å². The van der Waals surface area contributed by atoms with Crippen LogP contribution in [0.4, 0.5) is 4.39 Å². The van der Waals surface area contributed by atoms with Crippen LogP contribution in [-0.4, -0.2) is 22.8 Å². The van der Waals surface area contributed by atoms with Crippen molar-refractivity contribution in [2.75, 3.05) is 0 Å². The molecule has 0 amide bonds. The summed E-state index contributed by atoms with van der Waals surface area (Å²) < 4.78 is 12.5. The van der Waals surface area contributed by atoms with Gasteiger partial charge in [0.2, 0.25) is 0 Å². The van der Waals surface area contributed by atoms with Crippen LogP contribution in [0.25, 0.3) is 0 Å². The van der Waals surface area contributed by atoms with Crippen molar-refractivity contribution >= 4 is 5.97 Å². The molecule has 0 spiro atoms. The molecule has 3 nitrogen and oxygen atoms in total.